The van der Waals surface area contributed by atoms with E-state index in [2.05, 4.69) is 25.2 Å². The largest absolute Gasteiger partial charge is 0.375 e. The van der Waals surface area contributed by atoms with Crippen molar-refractivity contribution in [2.24, 2.45) is 0 Å². The molecule has 0 aromatic carbocycles. The van der Waals surface area contributed by atoms with E-state index in [-0.39, 0.29) is 11.1 Å². The Hall–Kier alpha value is -0.590. The highest BCUT2D eigenvalue weighted by Gasteiger charge is 2.43. The Balaban J connectivity index is 2.03. The molecule has 0 radical (unpaired) electrons. The Kier molecular flexibility index (Phi) is 4.86. The molecule has 3 nitrogen and oxygen atoms in total. The molecule has 1 aliphatic heterocycles. The summed E-state index contributed by atoms with van der Waals surface area (Å²) in [4.78, 5) is 0. The quantitative estimate of drug-likeness (QED) is 0.793. The van der Waals surface area contributed by atoms with Gasteiger partial charge in [0, 0.05) is 18.9 Å². The second-order valence-corrected chi connectivity index (χ2v) is 6.61. The van der Waals surface area contributed by atoms with Crippen LogP contribution in [-0.2, 0) is 4.74 Å². The van der Waals surface area contributed by atoms with Crippen molar-refractivity contribution in [3.05, 3.63) is 0 Å². The maximum Gasteiger partial charge on any atom is 0.111 e. The molecule has 19 heavy (non-hydrogen) atoms. The highest BCUT2D eigenvalue weighted by Crippen LogP contribution is 2.35. The predicted molar refractivity (Wildman–Crippen MR) is 76.9 cm³/mol. The lowest BCUT2D eigenvalue weighted by molar-refractivity contribution is -0.0921. The van der Waals surface area contributed by atoms with Crippen molar-refractivity contribution in [1.82, 2.24) is 5.32 Å². The summed E-state index contributed by atoms with van der Waals surface area (Å²) < 4.78 is 5.89. The summed E-state index contributed by atoms with van der Waals surface area (Å²) in [7, 11) is 0. The van der Waals surface area contributed by atoms with Crippen molar-refractivity contribution in [2.75, 3.05) is 6.61 Å². The van der Waals surface area contributed by atoms with E-state index in [1.165, 1.54) is 38.5 Å². The predicted octanol–water partition coefficient (Wildman–Crippen LogP) is 3.54. The van der Waals surface area contributed by atoms with E-state index >= 15 is 0 Å². The first-order chi connectivity index (χ1) is 9.11. The summed E-state index contributed by atoms with van der Waals surface area (Å²) in [6, 6.07) is 3.11. The molecule has 0 bridgehead atoms. The van der Waals surface area contributed by atoms with E-state index < -0.39 is 0 Å². The average molecular weight is 264 g/mol. The third-order valence-corrected chi connectivity index (χ3v) is 4.95. The van der Waals surface area contributed by atoms with Gasteiger partial charge in [-0.2, -0.15) is 5.26 Å². The van der Waals surface area contributed by atoms with Crippen LogP contribution >= 0.6 is 0 Å². The van der Waals surface area contributed by atoms with Crippen LogP contribution in [0.4, 0.5) is 0 Å². The topological polar surface area (TPSA) is 45.0 Å². The first-order valence-electron chi connectivity index (χ1n) is 7.94. The zero-order valence-corrected chi connectivity index (χ0v) is 12.5. The minimum atomic E-state index is -0.363. The van der Waals surface area contributed by atoms with Crippen molar-refractivity contribution >= 4 is 0 Å². The second-order valence-electron chi connectivity index (χ2n) is 6.61. The van der Waals surface area contributed by atoms with Gasteiger partial charge in [-0.3, -0.25) is 5.32 Å². The zero-order chi connectivity index (χ0) is 13.8. The zero-order valence-electron chi connectivity index (χ0n) is 12.5. The molecule has 0 spiro atoms. The second kappa shape index (κ2) is 6.24. The van der Waals surface area contributed by atoms with Crippen molar-refractivity contribution in [3.63, 3.8) is 0 Å². The van der Waals surface area contributed by atoms with Crippen LogP contribution in [0.15, 0.2) is 0 Å². The highest BCUT2D eigenvalue weighted by molar-refractivity contribution is 5.13. The highest BCUT2D eigenvalue weighted by atomic mass is 16.5. The van der Waals surface area contributed by atoms with E-state index in [1.54, 1.807) is 0 Å². The summed E-state index contributed by atoms with van der Waals surface area (Å²) in [5.41, 5.74) is -0.496. The molecule has 1 saturated heterocycles. The molecule has 2 fully saturated rings. The molecule has 2 atom stereocenters. The maximum atomic E-state index is 9.70. The number of nitriles is 1. The number of nitrogens with one attached hydrogen (secondary N) is 1. The average Bonchev–Trinajstić information content (AvgIpc) is 2.67. The molecule has 1 heterocycles. The molecule has 1 aliphatic carbocycles. The van der Waals surface area contributed by atoms with E-state index in [1.807, 2.05) is 0 Å². The van der Waals surface area contributed by atoms with Crippen LogP contribution in [0, 0.1) is 11.3 Å². The van der Waals surface area contributed by atoms with Gasteiger partial charge in [0.15, 0.2) is 0 Å². The molecule has 2 aliphatic rings. The maximum absolute atomic E-state index is 9.70. The Morgan fingerprint density at radius 3 is 2.53 bits per heavy atom. The normalized spacial score (nSPS) is 37.5. The lowest BCUT2D eigenvalue weighted by Gasteiger charge is -2.44. The van der Waals surface area contributed by atoms with Crippen molar-refractivity contribution < 1.29 is 4.74 Å². The summed E-state index contributed by atoms with van der Waals surface area (Å²) in [6.07, 6.45) is 10.4. The van der Waals surface area contributed by atoms with Gasteiger partial charge in [-0.25, -0.2) is 0 Å². The van der Waals surface area contributed by atoms with Gasteiger partial charge in [-0.15, -0.1) is 0 Å². The van der Waals surface area contributed by atoms with Crippen molar-refractivity contribution in [2.45, 2.75) is 88.8 Å². The summed E-state index contributed by atoms with van der Waals surface area (Å²) in [5.74, 6) is 0. The molecule has 3 heteroatoms. The van der Waals surface area contributed by atoms with Gasteiger partial charge in [-0.1, -0.05) is 32.6 Å². The van der Waals surface area contributed by atoms with E-state index in [9.17, 15) is 5.26 Å². The summed E-state index contributed by atoms with van der Waals surface area (Å²) in [6.45, 7) is 5.00. The Bertz CT molecular complexity index is 330. The van der Waals surface area contributed by atoms with Gasteiger partial charge in [0.2, 0.25) is 0 Å². The third-order valence-electron chi connectivity index (χ3n) is 4.95. The molecular formula is C16H28N2O. The summed E-state index contributed by atoms with van der Waals surface area (Å²) in [5, 5.41) is 13.4. The van der Waals surface area contributed by atoms with Crippen LogP contribution in [0.25, 0.3) is 0 Å². The Morgan fingerprint density at radius 2 is 1.95 bits per heavy atom. The minimum Gasteiger partial charge on any atom is -0.375 e. The van der Waals surface area contributed by atoms with E-state index in [0.29, 0.717) is 12.6 Å². The number of ether oxygens (including phenoxy) is 1. The lowest BCUT2D eigenvalue weighted by atomic mass is 9.79. The van der Waals surface area contributed by atoms with Crippen LogP contribution in [0.2, 0.25) is 0 Å². The third kappa shape index (κ3) is 3.70. The molecule has 1 N–H and O–H groups in total. The van der Waals surface area contributed by atoms with Crippen LogP contribution in [0.5, 0.6) is 0 Å². The van der Waals surface area contributed by atoms with Gasteiger partial charge in [0.25, 0.3) is 0 Å². The van der Waals surface area contributed by atoms with E-state index in [4.69, 9.17) is 4.74 Å². The molecule has 2 unspecified atom stereocenters. The molecule has 1 saturated carbocycles. The van der Waals surface area contributed by atoms with Crippen LogP contribution in [-0.4, -0.2) is 23.8 Å². The Labute approximate surface area is 117 Å². The molecule has 2 rings (SSSR count). The fourth-order valence-electron chi connectivity index (χ4n) is 3.54. The van der Waals surface area contributed by atoms with E-state index in [0.717, 1.165) is 19.3 Å². The van der Waals surface area contributed by atoms with Gasteiger partial charge >= 0.3 is 0 Å². The SMILES string of the molecule is CCC1(C)CC(C#N)(NC2CCCCCC2)CCO1. The first-order valence-corrected chi connectivity index (χ1v) is 7.94. The Morgan fingerprint density at radius 1 is 1.26 bits per heavy atom. The number of hydrogen-bond donors (Lipinski definition) is 1. The van der Waals surface area contributed by atoms with Crippen LogP contribution in [0.3, 0.4) is 0 Å². The first kappa shape index (κ1) is 14.8. The minimum absolute atomic E-state index is 0.133. The van der Waals surface area contributed by atoms with Gasteiger partial charge in [-0.05, 0) is 26.2 Å². The fraction of sp³-hybridized carbons (Fsp3) is 0.938. The fourth-order valence-corrected chi connectivity index (χ4v) is 3.54. The molecular weight excluding hydrogens is 236 g/mol. The number of nitrogens with zero attached hydrogens (tertiary/aromatic N) is 1. The van der Waals surface area contributed by atoms with Gasteiger partial charge in [0.05, 0.1) is 18.3 Å². The number of hydrogen-bond acceptors (Lipinski definition) is 3. The monoisotopic (exact) mass is 264 g/mol. The molecule has 0 aromatic rings. The standard InChI is InChI=1S/C16H28N2O/c1-3-15(2)12-16(13-17,10-11-19-15)18-14-8-6-4-5-7-9-14/h14,18H,3-12H2,1-2H3. The van der Waals surface area contributed by atoms with Crippen LogP contribution in [0.1, 0.15) is 71.6 Å². The van der Waals surface area contributed by atoms with Gasteiger partial charge < -0.3 is 4.74 Å². The van der Waals surface area contributed by atoms with Crippen molar-refractivity contribution in [3.8, 4) is 6.07 Å². The molecule has 108 valence electrons. The molecule has 0 aromatic heterocycles. The number of rotatable bonds is 3. The smallest absolute Gasteiger partial charge is 0.111 e. The van der Waals surface area contributed by atoms with Crippen LogP contribution < -0.4 is 5.32 Å². The lowest BCUT2D eigenvalue weighted by Crippen LogP contribution is -2.57. The summed E-state index contributed by atoms with van der Waals surface area (Å²) >= 11 is 0. The molecule has 0 amide bonds. The van der Waals surface area contributed by atoms with Gasteiger partial charge in [0.1, 0.15) is 5.54 Å². The van der Waals surface area contributed by atoms with Crippen molar-refractivity contribution in [1.29, 1.82) is 5.26 Å².